The molecule has 7 heteroatoms. The summed E-state index contributed by atoms with van der Waals surface area (Å²) in [6.45, 7) is -0.413. The summed E-state index contributed by atoms with van der Waals surface area (Å²) in [6.07, 6.45) is 0. The van der Waals surface area contributed by atoms with Gasteiger partial charge in [-0.15, -0.1) is 0 Å². The molecule has 0 aliphatic carbocycles. The number of carbonyl (C=O) groups excluding carboxylic acids is 1. The van der Waals surface area contributed by atoms with E-state index in [1.54, 1.807) is 18.2 Å². The quantitative estimate of drug-likeness (QED) is 0.831. The standard InChI is InChI=1S/C8H9BrN2O3S/c9-6-3-1-2-4-7(6)15(13,14)11-5-8(10)12/h1-4,11H,5H2,(H2,10,12). The summed E-state index contributed by atoms with van der Waals surface area (Å²) in [6, 6.07) is 6.30. The molecule has 0 saturated heterocycles. The Morgan fingerprint density at radius 3 is 2.53 bits per heavy atom. The number of rotatable bonds is 4. The van der Waals surface area contributed by atoms with Crippen LogP contribution < -0.4 is 10.5 Å². The number of benzene rings is 1. The van der Waals surface area contributed by atoms with E-state index in [0.29, 0.717) is 4.47 Å². The van der Waals surface area contributed by atoms with Gasteiger partial charge in [0.25, 0.3) is 0 Å². The Morgan fingerprint density at radius 1 is 1.40 bits per heavy atom. The van der Waals surface area contributed by atoms with Crippen molar-refractivity contribution in [2.45, 2.75) is 4.90 Å². The summed E-state index contributed by atoms with van der Waals surface area (Å²) in [7, 11) is -3.68. The molecular weight excluding hydrogens is 284 g/mol. The van der Waals surface area contributed by atoms with E-state index in [1.807, 2.05) is 0 Å². The number of carbonyl (C=O) groups is 1. The van der Waals surface area contributed by atoms with E-state index in [-0.39, 0.29) is 4.90 Å². The molecule has 1 rings (SSSR count). The van der Waals surface area contributed by atoms with Gasteiger partial charge in [-0.05, 0) is 28.1 Å². The fourth-order valence-corrected chi connectivity index (χ4v) is 2.90. The third-order valence-electron chi connectivity index (χ3n) is 1.56. The number of sulfonamides is 1. The highest BCUT2D eigenvalue weighted by atomic mass is 79.9. The molecule has 1 aromatic carbocycles. The second-order valence-electron chi connectivity index (χ2n) is 2.72. The third-order valence-corrected chi connectivity index (χ3v) is 3.98. The molecule has 82 valence electrons. The number of halogens is 1. The zero-order valence-corrected chi connectivity index (χ0v) is 10.0. The second kappa shape index (κ2) is 4.73. The molecule has 0 aliphatic rings. The van der Waals surface area contributed by atoms with Crippen molar-refractivity contribution < 1.29 is 13.2 Å². The van der Waals surface area contributed by atoms with E-state index in [4.69, 9.17) is 5.73 Å². The molecule has 1 amide bonds. The molecule has 0 atom stereocenters. The Morgan fingerprint density at radius 2 is 2.00 bits per heavy atom. The van der Waals surface area contributed by atoms with Gasteiger partial charge in [-0.3, -0.25) is 4.79 Å². The molecule has 0 heterocycles. The predicted molar refractivity (Wildman–Crippen MR) is 58.5 cm³/mol. The zero-order valence-electron chi connectivity index (χ0n) is 7.60. The van der Waals surface area contributed by atoms with Gasteiger partial charge in [0, 0.05) is 4.47 Å². The van der Waals surface area contributed by atoms with Crippen molar-refractivity contribution in [2.24, 2.45) is 5.73 Å². The number of nitrogens with one attached hydrogen (secondary N) is 1. The van der Waals surface area contributed by atoms with E-state index in [9.17, 15) is 13.2 Å². The van der Waals surface area contributed by atoms with Crippen LogP contribution in [0.15, 0.2) is 33.6 Å². The highest BCUT2D eigenvalue weighted by molar-refractivity contribution is 9.10. The summed E-state index contributed by atoms with van der Waals surface area (Å²) < 4.78 is 25.7. The van der Waals surface area contributed by atoms with Crippen LogP contribution in [0.2, 0.25) is 0 Å². The maximum Gasteiger partial charge on any atom is 0.242 e. The maximum atomic E-state index is 11.6. The Bertz CT molecular complexity index is 473. The summed E-state index contributed by atoms with van der Waals surface area (Å²) >= 11 is 3.10. The SMILES string of the molecule is NC(=O)CNS(=O)(=O)c1ccccc1Br. The summed E-state index contributed by atoms with van der Waals surface area (Å²) in [5.74, 6) is -0.731. The summed E-state index contributed by atoms with van der Waals surface area (Å²) in [5.41, 5.74) is 4.84. The zero-order chi connectivity index (χ0) is 11.5. The highest BCUT2D eigenvalue weighted by Crippen LogP contribution is 2.20. The van der Waals surface area contributed by atoms with Gasteiger partial charge >= 0.3 is 0 Å². The van der Waals surface area contributed by atoms with Crippen LogP contribution >= 0.6 is 15.9 Å². The molecule has 3 N–H and O–H groups in total. The van der Waals surface area contributed by atoms with Gasteiger partial charge in [-0.2, -0.15) is 0 Å². The Hall–Kier alpha value is -0.920. The number of amides is 1. The van der Waals surface area contributed by atoms with Gasteiger partial charge in [0.1, 0.15) is 0 Å². The first-order chi connectivity index (χ1) is 6.93. The molecule has 0 radical (unpaired) electrons. The van der Waals surface area contributed by atoms with Crippen LogP contribution in [0, 0.1) is 0 Å². The van der Waals surface area contributed by atoms with Gasteiger partial charge in [0.2, 0.25) is 15.9 Å². The fraction of sp³-hybridized carbons (Fsp3) is 0.125. The van der Waals surface area contributed by atoms with E-state index in [1.165, 1.54) is 6.07 Å². The van der Waals surface area contributed by atoms with Crippen LogP contribution in [0.25, 0.3) is 0 Å². The van der Waals surface area contributed by atoms with Crippen molar-refractivity contribution in [3.63, 3.8) is 0 Å². The fourth-order valence-electron chi connectivity index (χ4n) is 0.907. The lowest BCUT2D eigenvalue weighted by Gasteiger charge is -2.06. The van der Waals surface area contributed by atoms with Crippen LogP contribution in [0.1, 0.15) is 0 Å². The van der Waals surface area contributed by atoms with Crippen LogP contribution in [0.4, 0.5) is 0 Å². The summed E-state index contributed by atoms with van der Waals surface area (Å²) in [4.78, 5) is 10.5. The first-order valence-corrected chi connectivity index (χ1v) is 6.23. The largest absolute Gasteiger partial charge is 0.369 e. The molecule has 0 unspecified atom stereocenters. The van der Waals surface area contributed by atoms with E-state index < -0.39 is 22.5 Å². The topological polar surface area (TPSA) is 89.3 Å². The van der Waals surface area contributed by atoms with E-state index in [0.717, 1.165) is 0 Å². The number of hydrogen-bond donors (Lipinski definition) is 2. The predicted octanol–water partition coefficient (Wildman–Crippen LogP) is 0.213. The van der Waals surface area contributed by atoms with Crippen LogP contribution in [-0.2, 0) is 14.8 Å². The molecular formula is C8H9BrN2O3S. The Labute approximate surface area is 95.8 Å². The van der Waals surface area contributed by atoms with Crippen LogP contribution in [-0.4, -0.2) is 20.9 Å². The van der Waals surface area contributed by atoms with Gasteiger partial charge in [0.05, 0.1) is 11.4 Å². The minimum Gasteiger partial charge on any atom is -0.369 e. The molecule has 0 aliphatic heterocycles. The average Bonchev–Trinajstić information content (AvgIpc) is 2.15. The Balaban J connectivity index is 2.97. The van der Waals surface area contributed by atoms with Crippen LogP contribution in [0.3, 0.4) is 0 Å². The van der Waals surface area contributed by atoms with Gasteiger partial charge in [-0.1, -0.05) is 12.1 Å². The first kappa shape index (κ1) is 12.2. The number of nitrogens with two attached hydrogens (primary N) is 1. The average molecular weight is 293 g/mol. The molecule has 1 aromatic rings. The van der Waals surface area contributed by atoms with Gasteiger partial charge < -0.3 is 5.73 Å². The summed E-state index contributed by atoms with van der Waals surface area (Å²) in [5, 5.41) is 0. The maximum absolute atomic E-state index is 11.6. The smallest absolute Gasteiger partial charge is 0.242 e. The minimum absolute atomic E-state index is 0.0752. The number of primary amides is 1. The normalized spacial score (nSPS) is 11.3. The van der Waals surface area contributed by atoms with Gasteiger partial charge in [-0.25, -0.2) is 13.1 Å². The van der Waals surface area contributed by atoms with Crippen molar-refractivity contribution in [2.75, 3.05) is 6.54 Å². The van der Waals surface area contributed by atoms with E-state index >= 15 is 0 Å². The molecule has 15 heavy (non-hydrogen) atoms. The van der Waals surface area contributed by atoms with Crippen molar-refractivity contribution in [3.05, 3.63) is 28.7 Å². The molecule has 5 nitrogen and oxygen atoms in total. The lowest BCUT2D eigenvalue weighted by atomic mass is 10.4. The lowest BCUT2D eigenvalue weighted by Crippen LogP contribution is -2.33. The Kier molecular flexibility index (Phi) is 3.83. The van der Waals surface area contributed by atoms with Crippen molar-refractivity contribution in [1.82, 2.24) is 4.72 Å². The third kappa shape index (κ3) is 3.29. The molecule has 0 spiro atoms. The molecule has 0 aromatic heterocycles. The van der Waals surface area contributed by atoms with Crippen molar-refractivity contribution in [1.29, 1.82) is 0 Å². The monoisotopic (exact) mass is 292 g/mol. The lowest BCUT2D eigenvalue weighted by molar-refractivity contribution is -0.116. The molecule has 0 saturated carbocycles. The van der Waals surface area contributed by atoms with Crippen LogP contribution in [0.5, 0.6) is 0 Å². The molecule has 0 fully saturated rings. The highest BCUT2D eigenvalue weighted by Gasteiger charge is 2.16. The minimum atomic E-state index is -3.68. The van der Waals surface area contributed by atoms with Gasteiger partial charge in [0.15, 0.2) is 0 Å². The first-order valence-electron chi connectivity index (χ1n) is 3.96. The second-order valence-corrected chi connectivity index (χ2v) is 5.31. The van der Waals surface area contributed by atoms with Crippen molar-refractivity contribution >= 4 is 31.9 Å². The van der Waals surface area contributed by atoms with E-state index in [2.05, 4.69) is 20.7 Å². The van der Waals surface area contributed by atoms with Crippen molar-refractivity contribution in [3.8, 4) is 0 Å². The molecule has 0 bridgehead atoms. The number of hydrogen-bond acceptors (Lipinski definition) is 3.